The molecular weight excluding hydrogens is 366 g/mol. The topological polar surface area (TPSA) is 17.0 Å². The first-order valence-electron chi connectivity index (χ1n) is 10.3. The van der Waals surface area contributed by atoms with Crippen molar-refractivity contribution in [3.8, 4) is 11.3 Å². The smallest absolute Gasteiger partial charge is 0.216 e. The second-order valence-electron chi connectivity index (χ2n) is 8.26. The summed E-state index contributed by atoms with van der Waals surface area (Å²) in [6, 6.07) is 26.1. The Hall–Kier alpha value is -3.65. The lowest BCUT2D eigenvalue weighted by Gasteiger charge is -2.06. The van der Waals surface area contributed by atoms with Gasteiger partial charge in [0.05, 0.1) is 5.56 Å². The Balaban J connectivity index is 1.82. The van der Waals surface area contributed by atoms with Gasteiger partial charge in [0.15, 0.2) is 6.20 Å². The molecule has 6 aromatic rings. The summed E-state index contributed by atoms with van der Waals surface area (Å²) in [6.45, 7) is 4.30. The van der Waals surface area contributed by atoms with Crippen LogP contribution < -0.4 is 4.57 Å². The van der Waals surface area contributed by atoms with Crippen molar-refractivity contribution in [2.45, 2.75) is 13.8 Å². The molecule has 0 bridgehead atoms. The third-order valence-corrected chi connectivity index (χ3v) is 6.28. The number of aromatic nitrogens is 1. The number of nitrogens with zero attached hydrogens (tertiary/aromatic N) is 1. The van der Waals surface area contributed by atoms with Crippen LogP contribution in [-0.2, 0) is 7.05 Å². The molecule has 0 atom stereocenters. The molecule has 2 heteroatoms. The van der Waals surface area contributed by atoms with Gasteiger partial charge in [0.25, 0.3) is 0 Å². The van der Waals surface area contributed by atoms with Crippen molar-refractivity contribution in [3.63, 3.8) is 0 Å². The molecule has 0 saturated carbocycles. The molecule has 0 amide bonds. The van der Waals surface area contributed by atoms with Gasteiger partial charge in [-0.2, -0.15) is 0 Å². The highest BCUT2D eigenvalue weighted by molar-refractivity contribution is 6.23. The number of pyridine rings is 1. The zero-order valence-corrected chi connectivity index (χ0v) is 17.4. The Labute approximate surface area is 175 Å². The molecule has 30 heavy (non-hydrogen) atoms. The van der Waals surface area contributed by atoms with Crippen LogP contribution >= 0.6 is 0 Å². The van der Waals surface area contributed by atoms with E-state index in [1.54, 1.807) is 0 Å². The van der Waals surface area contributed by atoms with E-state index in [0.29, 0.717) is 0 Å². The maximum atomic E-state index is 6.72. The van der Waals surface area contributed by atoms with Crippen molar-refractivity contribution in [2.24, 2.45) is 7.05 Å². The van der Waals surface area contributed by atoms with Crippen LogP contribution in [0, 0.1) is 13.8 Å². The highest BCUT2D eigenvalue weighted by Gasteiger charge is 2.21. The molecule has 6 rings (SSSR count). The lowest BCUT2D eigenvalue weighted by atomic mass is 9.97. The minimum atomic E-state index is 0.964. The summed E-state index contributed by atoms with van der Waals surface area (Å²) in [7, 11) is 2.10. The monoisotopic (exact) mass is 388 g/mol. The first kappa shape index (κ1) is 17.2. The summed E-state index contributed by atoms with van der Waals surface area (Å²) in [5, 5.41) is 7.21. The van der Waals surface area contributed by atoms with Crippen molar-refractivity contribution >= 4 is 43.5 Å². The molecule has 0 unspecified atom stereocenters. The average Bonchev–Trinajstić information content (AvgIpc) is 3.14. The lowest BCUT2D eigenvalue weighted by Crippen LogP contribution is -2.30. The molecule has 0 aliphatic carbocycles. The third kappa shape index (κ3) is 2.34. The van der Waals surface area contributed by atoms with Gasteiger partial charge in [0.1, 0.15) is 18.2 Å². The Morgan fingerprint density at radius 3 is 2.33 bits per heavy atom. The van der Waals surface area contributed by atoms with Crippen LogP contribution in [-0.4, -0.2) is 0 Å². The largest absolute Gasteiger partial charge is 0.454 e. The number of fused-ring (bicyclic) bond motifs is 7. The maximum absolute atomic E-state index is 6.72. The van der Waals surface area contributed by atoms with Gasteiger partial charge in [0, 0.05) is 28.3 Å². The van der Waals surface area contributed by atoms with E-state index in [0.717, 1.165) is 11.2 Å². The van der Waals surface area contributed by atoms with Gasteiger partial charge in [-0.1, -0.05) is 54.6 Å². The number of aryl methyl sites for hydroxylation is 3. The quantitative estimate of drug-likeness (QED) is 0.219. The van der Waals surface area contributed by atoms with E-state index in [9.17, 15) is 0 Å². The van der Waals surface area contributed by atoms with Crippen LogP contribution in [0.2, 0.25) is 0 Å². The van der Waals surface area contributed by atoms with E-state index in [1.807, 2.05) is 0 Å². The Morgan fingerprint density at radius 1 is 0.700 bits per heavy atom. The van der Waals surface area contributed by atoms with E-state index >= 15 is 0 Å². The van der Waals surface area contributed by atoms with Crippen molar-refractivity contribution in [3.05, 3.63) is 90.1 Å². The lowest BCUT2D eigenvalue weighted by molar-refractivity contribution is -0.660. The van der Waals surface area contributed by atoms with Gasteiger partial charge < -0.3 is 4.42 Å². The maximum Gasteiger partial charge on any atom is 0.216 e. The van der Waals surface area contributed by atoms with Gasteiger partial charge in [0.2, 0.25) is 5.69 Å². The van der Waals surface area contributed by atoms with E-state index in [1.165, 1.54) is 54.7 Å². The Bertz CT molecular complexity index is 1620. The standard InChI is InChI=1S/C28H22NO/c1-17-14-15-29(3)24(16-17)25-18(2)8-12-22-23-13-11-20-10-9-19-6-4-5-7-21(19)26(20)28(23)30-27(22)25/h4-16H,1-3H3/q+1. The van der Waals surface area contributed by atoms with E-state index in [-0.39, 0.29) is 0 Å². The normalized spacial score (nSPS) is 11.8. The average molecular weight is 388 g/mol. The molecule has 2 heterocycles. The molecule has 0 N–H and O–H groups in total. The minimum absolute atomic E-state index is 0.964. The van der Waals surface area contributed by atoms with Crippen LogP contribution in [0.4, 0.5) is 0 Å². The molecule has 0 aliphatic heterocycles. The highest BCUT2D eigenvalue weighted by Crippen LogP contribution is 2.41. The van der Waals surface area contributed by atoms with Gasteiger partial charge in [-0.05, 0) is 47.2 Å². The molecule has 0 aliphatic rings. The van der Waals surface area contributed by atoms with Crippen molar-refractivity contribution < 1.29 is 8.98 Å². The summed E-state index contributed by atoms with van der Waals surface area (Å²) < 4.78 is 8.90. The summed E-state index contributed by atoms with van der Waals surface area (Å²) in [6.07, 6.45) is 2.12. The highest BCUT2D eigenvalue weighted by atomic mass is 16.3. The molecular formula is C28H22NO+. The fourth-order valence-corrected chi connectivity index (χ4v) is 4.73. The zero-order chi connectivity index (χ0) is 20.4. The van der Waals surface area contributed by atoms with Crippen molar-refractivity contribution in [1.29, 1.82) is 0 Å². The van der Waals surface area contributed by atoms with Crippen LogP contribution in [0.3, 0.4) is 0 Å². The van der Waals surface area contributed by atoms with Gasteiger partial charge >= 0.3 is 0 Å². The van der Waals surface area contributed by atoms with Crippen molar-refractivity contribution in [1.82, 2.24) is 0 Å². The van der Waals surface area contributed by atoms with Crippen LogP contribution in [0.25, 0.3) is 54.7 Å². The SMILES string of the molecule is Cc1cc[n+](C)c(-c2c(C)ccc3c2oc2c3ccc3ccc4ccccc4c32)c1. The first-order valence-corrected chi connectivity index (χ1v) is 10.3. The minimum Gasteiger partial charge on any atom is -0.454 e. The molecule has 0 fully saturated rings. The van der Waals surface area contributed by atoms with Crippen LogP contribution in [0.15, 0.2) is 83.4 Å². The Morgan fingerprint density at radius 2 is 1.43 bits per heavy atom. The van der Waals surface area contributed by atoms with E-state index < -0.39 is 0 Å². The van der Waals surface area contributed by atoms with Gasteiger partial charge in [-0.15, -0.1) is 0 Å². The van der Waals surface area contributed by atoms with Gasteiger partial charge in [-0.3, -0.25) is 0 Å². The molecule has 0 spiro atoms. The van der Waals surface area contributed by atoms with Crippen LogP contribution in [0.1, 0.15) is 11.1 Å². The molecule has 2 nitrogen and oxygen atoms in total. The summed E-state index contributed by atoms with van der Waals surface area (Å²) in [5.74, 6) is 0. The van der Waals surface area contributed by atoms with E-state index in [4.69, 9.17) is 4.42 Å². The second kappa shape index (κ2) is 6.17. The number of furan rings is 1. The Kier molecular flexibility index (Phi) is 3.54. The van der Waals surface area contributed by atoms with E-state index in [2.05, 4.69) is 104 Å². The number of hydrogen-bond donors (Lipinski definition) is 0. The van der Waals surface area contributed by atoms with Crippen molar-refractivity contribution in [2.75, 3.05) is 0 Å². The predicted octanol–water partition coefficient (Wildman–Crippen LogP) is 7.00. The molecule has 0 radical (unpaired) electrons. The number of benzene rings is 4. The predicted molar refractivity (Wildman–Crippen MR) is 125 cm³/mol. The molecule has 2 aromatic heterocycles. The summed E-state index contributed by atoms with van der Waals surface area (Å²) in [5.41, 5.74) is 6.74. The van der Waals surface area contributed by atoms with Crippen LogP contribution in [0.5, 0.6) is 0 Å². The fraction of sp³-hybridized carbons (Fsp3) is 0.107. The second-order valence-corrected chi connectivity index (χ2v) is 8.26. The number of hydrogen-bond acceptors (Lipinski definition) is 1. The summed E-state index contributed by atoms with van der Waals surface area (Å²) in [4.78, 5) is 0. The first-order chi connectivity index (χ1) is 14.6. The summed E-state index contributed by atoms with van der Waals surface area (Å²) >= 11 is 0. The van der Waals surface area contributed by atoms with Gasteiger partial charge in [-0.25, -0.2) is 4.57 Å². The molecule has 4 aromatic carbocycles. The third-order valence-electron chi connectivity index (χ3n) is 6.28. The number of rotatable bonds is 1. The molecule has 144 valence electrons. The molecule has 0 saturated heterocycles. The fourth-order valence-electron chi connectivity index (χ4n) is 4.73. The zero-order valence-electron chi connectivity index (χ0n) is 17.4.